The lowest BCUT2D eigenvalue weighted by Crippen LogP contribution is -2.15. The van der Waals surface area contributed by atoms with Crippen LogP contribution in [-0.2, 0) is 6.42 Å². The van der Waals surface area contributed by atoms with Gasteiger partial charge in [-0.3, -0.25) is 4.79 Å². The molecule has 0 aliphatic carbocycles. The molecular formula is C20H20N2O. The van der Waals surface area contributed by atoms with E-state index in [0.29, 0.717) is 12.1 Å². The van der Waals surface area contributed by atoms with Crippen molar-refractivity contribution in [1.29, 1.82) is 0 Å². The second-order valence-corrected chi connectivity index (χ2v) is 6.04. The van der Waals surface area contributed by atoms with E-state index in [0.717, 1.165) is 27.7 Å². The third-order valence-electron chi connectivity index (χ3n) is 4.04. The lowest BCUT2D eigenvalue weighted by Gasteiger charge is -2.06. The first-order chi connectivity index (χ1) is 11.0. The summed E-state index contributed by atoms with van der Waals surface area (Å²) in [7, 11) is 0. The number of rotatable bonds is 3. The van der Waals surface area contributed by atoms with Crippen molar-refractivity contribution in [1.82, 2.24) is 9.97 Å². The quantitative estimate of drug-likeness (QED) is 0.788. The fraction of sp³-hybridized carbons (Fsp3) is 0.200. The monoisotopic (exact) mass is 304 g/mol. The highest BCUT2D eigenvalue weighted by Gasteiger charge is 2.07. The van der Waals surface area contributed by atoms with Gasteiger partial charge in [0, 0.05) is 6.42 Å². The molecule has 0 spiro atoms. The maximum absolute atomic E-state index is 12.3. The zero-order valence-electron chi connectivity index (χ0n) is 13.7. The first kappa shape index (κ1) is 15.2. The zero-order valence-corrected chi connectivity index (χ0v) is 13.7. The summed E-state index contributed by atoms with van der Waals surface area (Å²) in [6, 6.07) is 14.1. The molecule has 0 atom stereocenters. The Kier molecular flexibility index (Phi) is 4.11. The molecule has 0 fully saturated rings. The highest BCUT2D eigenvalue weighted by atomic mass is 16.1. The van der Waals surface area contributed by atoms with E-state index in [2.05, 4.69) is 23.0 Å². The molecule has 1 aromatic heterocycles. The van der Waals surface area contributed by atoms with Gasteiger partial charge in [-0.1, -0.05) is 42.0 Å². The maximum Gasteiger partial charge on any atom is 0.270 e. The minimum Gasteiger partial charge on any atom is -0.319 e. The van der Waals surface area contributed by atoms with Gasteiger partial charge in [0.15, 0.2) is 0 Å². The van der Waals surface area contributed by atoms with E-state index in [-0.39, 0.29) is 5.56 Å². The molecule has 0 radical (unpaired) electrons. The van der Waals surface area contributed by atoms with E-state index in [9.17, 15) is 4.79 Å². The second kappa shape index (κ2) is 6.21. The largest absolute Gasteiger partial charge is 0.319 e. The summed E-state index contributed by atoms with van der Waals surface area (Å²) in [4.78, 5) is 19.8. The Hall–Kier alpha value is -2.68. The van der Waals surface area contributed by atoms with Gasteiger partial charge in [-0.2, -0.15) is 0 Å². The first-order valence-electron chi connectivity index (χ1n) is 7.75. The average molecular weight is 304 g/mol. The summed E-state index contributed by atoms with van der Waals surface area (Å²) >= 11 is 0. The second-order valence-electron chi connectivity index (χ2n) is 6.04. The molecule has 0 amide bonds. The molecule has 0 unspecified atom stereocenters. The molecule has 0 saturated carbocycles. The molecule has 3 heteroatoms. The number of benzene rings is 2. The van der Waals surface area contributed by atoms with Gasteiger partial charge in [-0.25, -0.2) is 4.98 Å². The van der Waals surface area contributed by atoms with Crippen molar-refractivity contribution in [3.05, 3.63) is 80.8 Å². The van der Waals surface area contributed by atoms with E-state index in [1.807, 2.05) is 56.3 Å². The van der Waals surface area contributed by atoms with Crippen molar-refractivity contribution < 1.29 is 0 Å². The van der Waals surface area contributed by atoms with Crippen LogP contribution in [0.4, 0.5) is 0 Å². The average Bonchev–Trinajstić information content (AvgIpc) is 2.51. The van der Waals surface area contributed by atoms with Crippen LogP contribution in [0.25, 0.3) is 17.1 Å². The predicted molar refractivity (Wildman–Crippen MR) is 95.6 cm³/mol. The maximum atomic E-state index is 12.3. The zero-order chi connectivity index (χ0) is 16.4. The van der Waals surface area contributed by atoms with Gasteiger partial charge in [0.25, 0.3) is 5.56 Å². The standard InChI is InChI=1S/C20H20N2O/c1-13(9-16-7-5-4-6-8-16)10-19-20(23)22-18-12-15(3)14(2)11-17(18)21-19/h4-9,11-12H,10H2,1-3H3,(H,22,23). The highest BCUT2D eigenvalue weighted by Crippen LogP contribution is 2.16. The summed E-state index contributed by atoms with van der Waals surface area (Å²) in [5, 5.41) is 0. The van der Waals surface area contributed by atoms with Gasteiger partial charge >= 0.3 is 0 Å². The fourth-order valence-corrected chi connectivity index (χ4v) is 2.65. The third kappa shape index (κ3) is 3.39. The van der Waals surface area contributed by atoms with Crippen molar-refractivity contribution in [2.45, 2.75) is 27.2 Å². The van der Waals surface area contributed by atoms with Crippen molar-refractivity contribution in [3.63, 3.8) is 0 Å². The van der Waals surface area contributed by atoms with E-state index < -0.39 is 0 Å². The highest BCUT2D eigenvalue weighted by molar-refractivity contribution is 5.76. The van der Waals surface area contributed by atoms with Crippen LogP contribution in [0.5, 0.6) is 0 Å². The number of aromatic amines is 1. The molecule has 1 N–H and O–H groups in total. The molecule has 3 aromatic rings. The van der Waals surface area contributed by atoms with Gasteiger partial charge < -0.3 is 4.98 Å². The van der Waals surface area contributed by atoms with Crippen molar-refractivity contribution in [2.75, 3.05) is 0 Å². The number of nitrogens with zero attached hydrogens (tertiary/aromatic N) is 1. The lowest BCUT2D eigenvalue weighted by molar-refractivity contribution is 1.01. The molecule has 116 valence electrons. The van der Waals surface area contributed by atoms with E-state index in [1.165, 1.54) is 5.56 Å². The van der Waals surface area contributed by atoms with Crippen LogP contribution < -0.4 is 5.56 Å². The first-order valence-corrected chi connectivity index (χ1v) is 7.75. The smallest absolute Gasteiger partial charge is 0.270 e. The minimum absolute atomic E-state index is 0.110. The van der Waals surface area contributed by atoms with Crippen molar-refractivity contribution >= 4 is 17.1 Å². The SMILES string of the molecule is CC(=Cc1ccccc1)Cc1nc2cc(C)c(C)cc2[nH]c1=O. The number of aromatic nitrogens is 2. The lowest BCUT2D eigenvalue weighted by atomic mass is 10.1. The number of allylic oxidation sites excluding steroid dienone is 1. The fourth-order valence-electron chi connectivity index (χ4n) is 2.65. The Bertz CT molecular complexity index is 937. The number of fused-ring (bicyclic) bond motifs is 1. The Labute approximate surface area is 135 Å². The third-order valence-corrected chi connectivity index (χ3v) is 4.04. The number of aryl methyl sites for hydroxylation is 2. The van der Waals surface area contributed by atoms with Crippen LogP contribution in [0.15, 0.2) is 52.8 Å². The van der Waals surface area contributed by atoms with Crippen LogP contribution in [0.2, 0.25) is 0 Å². The van der Waals surface area contributed by atoms with Crippen LogP contribution in [0.1, 0.15) is 29.3 Å². The Morgan fingerprint density at radius 3 is 2.57 bits per heavy atom. The number of hydrogen-bond donors (Lipinski definition) is 1. The molecule has 0 bridgehead atoms. The van der Waals surface area contributed by atoms with Crippen LogP contribution in [0, 0.1) is 13.8 Å². The van der Waals surface area contributed by atoms with Gasteiger partial charge in [0.2, 0.25) is 0 Å². The summed E-state index contributed by atoms with van der Waals surface area (Å²) in [6.07, 6.45) is 2.64. The molecule has 0 aliphatic heterocycles. The van der Waals surface area contributed by atoms with Crippen LogP contribution in [0.3, 0.4) is 0 Å². The summed E-state index contributed by atoms with van der Waals surface area (Å²) in [6.45, 7) is 6.12. The summed E-state index contributed by atoms with van der Waals surface area (Å²) < 4.78 is 0. The Morgan fingerprint density at radius 1 is 1.13 bits per heavy atom. The minimum atomic E-state index is -0.110. The molecule has 3 rings (SSSR count). The van der Waals surface area contributed by atoms with Crippen LogP contribution >= 0.6 is 0 Å². The molecule has 3 nitrogen and oxygen atoms in total. The van der Waals surface area contributed by atoms with Gasteiger partial charge in [0.05, 0.1) is 11.0 Å². The number of H-pyrrole nitrogens is 1. The Balaban J connectivity index is 1.97. The molecule has 2 aromatic carbocycles. The number of hydrogen-bond acceptors (Lipinski definition) is 2. The van der Waals surface area contributed by atoms with Gasteiger partial charge in [0.1, 0.15) is 5.69 Å². The Morgan fingerprint density at radius 2 is 1.83 bits per heavy atom. The van der Waals surface area contributed by atoms with Gasteiger partial charge in [-0.15, -0.1) is 0 Å². The van der Waals surface area contributed by atoms with Gasteiger partial charge in [-0.05, 0) is 49.6 Å². The van der Waals surface area contributed by atoms with E-state index >= 15 is 0 Å². The molecule has 23 heavy (non-hydrogen) atoms. The van der Waals surface area contributed by atoms with Crippen molar-refractivity contribution in [2.24, 2.45) is 0 Å². The normalized spacial score (nSPS) is 11.9. The summed E-state index contributed by atoms with van der Waals surface area (Å²) in [5.74, 6) is 0. The topological polar surface area (TPSA) is 45.8 Å². The molecule has 0 aliphatic rings. The molecular weight excluding hydrogens is 284 g/mol. The molecule has 0 saturated heterocycles. The van der Waals surface area contributed by atoms with Crippen LogP contribution in [-0.4, -0.2) is 9.97 Å². The van der Waals surface area contributed by atoms with Crippen molar-refractivity contribution in [3.8, 4) is 0 Å². The molecule has 1 heterocycles. The summed E-state index contributed by atoms with van der Waals surface area (Å²) in [5.41, 5.74) is 6.67. The van der Waals surface area contributed by atoms with E-state index in [4.69, 9.17) is 0 Å². The van der Waals surface area contributed by atoms with E-state index in [1.54, 1.807) is 0 Å². The number of nitrogens with one attached hydrogen (secondary N) is 1. The predicted octanol–water partition coefficient (Wildman–Crippen LogP) is 4.19.